The van der Waals surface area contributed by atoms with Crippen LogP contribution in [0.15, 0.2) is 89.9 Å². The van der Waals surface area contributed by atoms with Crippen LogP contribution in [-0.4, -0.2) is 51.3 Å². The molecule has 0 unspecified atom stereocenters. The maximum absolute atomic E-state index is 13.1. The van der Waals surface area contributed by atoms with Crippen molar-refractivity contribution in [3.05, 3.63) is 102 Å². The molecule has 184 valence electrons. The first-order valence-corrected chi connectivity index (χ1v) is 12.6. The fourth-order valence-electron chi connectivity index (χ4n) is 3.83. The second-order valence-electron chi connectivity index (χ2n) is 8.36. The van der Waals surface area contributed by atoms with E-state index < -0.39 is 11.2 Å². The Kier molecular flexibility index (Phi) is 8.52. The molecule has 0 aromatic heterocycles. The summed E-state index contributed by atoms with van der Waals surface area (Å²) in [5.74, 6) is -1.48. The lowest BCUT2D eigenvalue weighted by atomic mass is 10.1. The van der Waals surface area contributed by atoms with Crippen molar-refractivity contribution in [2.24, 2.45) is 4.99 Å². The van der Waals surface area contributed by atoms with Crippen molar-refractivity contribution >= 4 is 40.4 Å². The molecule has 7 nitrogen and oxygen atoms in total. The van der Waals surface area contributed by atoms with Crippen LogP contribution in [0.5, 0.6) is 0 Å². The van der Waals surface area contributed by atoms with E-state index in [0.29, 0.717) is 30.4 Å². The number of nitrogens with zero attached hydrogens (tertiary/aromatic N) is 2. The van der Waals surface area contributed by atoms with Crippen LogP contribution in [0.1, 0.15) is 27.9 Å². The molecule has 1 atom stereocenters. The normalized spacial score (nSPS) is 16.7. The van der Waals surface area contributed by atoms with Crippen molar-refractivity contribution in [3.8, 4) is 0 Å². The second kappa shape index (κ2) is 12.2. The molecule has 8 heteroatoms. The number of hydrogen-bond acceptors (Lipinski definition) is 5. The monoisotopic (exact) mass is 501 g/mol. The maximum atomic E-state index is 13.1. The van der Waals surface area contributed by atoms with Crippen molar-refractivity contribution in [1.82, 2.24) is 4.90 Å². The van der Waals surface area contributed by atoms with Gasteiger partial charge in [-0.2, -0.15) is 0 Å². The van der Waals surface area contributed by atoms with E-state index in [9.17, 15) is 14.4 Å². The molecular formula is C28H27N3O4S. The number of nitrogens with one attached hydrogen (secondary N) is 1. The molecule has 3 aromatic rings. The number of anilines is 1. The Morgan fingerprint density at radius 1 is 0.917 bits per heavy atom. The van der Waals surface area contributed by atoms with E-state index >= 15 is 0 Å². The molecule has 2 amide bonds. The average Bonchev–Trinajstić information content (AvgIpc) is 2.89. The van der Waals surface area contributed by atoms with Gasteiger partial charge in [-0.15, -0.1) is 0 Å². The van der Waals surface area contributed by atoms with E-state index in [4.69, 9.17) is 10.1 Å². The molecule has 1 heterocycles. The van der Waals surface area contributed by atoms with E-state index in [2.05, 4.69) is 5.32 Å². The van der Waals surface area contributed by atoms with Gasteiger partial charge in [0.2, 0.25) is 11.8 Å². The molecule has 3 aromatic carbocycles. The third kappa shape index (κ3) is 6.82. The predicted molar refractivity (Wildman–Crippen MR) is 142 cm³/mol. The average molecular weight is 502 g/mol. The molecule has 1 fully saturated rings. The summed E-state index contributed by atoms with van der Waals surface area (Å²) in [5, 5.41) is 11.8. The van der Waals surface area contributed by atoms with E-state index in [1.54, 1.807) is 4.90 Å². The molecule has 0 spiro atoms. The summed E-state index contributed by atoms with van der Waals surface area (Å²) in [6.45, 7) is 0.997. The molecule has 0 radical (unpaired) electrons. The first-order valence-electron chi connectivity index (χ1n) is 11.7. The van der Waals surface area contributed by atoms with Crippen LogP contribution in [0, 0.1) is 0 Å². The van der Waals surface area contributed by atoms with Crippen LogP contribution < -0.4 is 5.32 Å². The van der Waals surface area contributed by atoms with Gasteiger partial charge in [0.25, 0.3) is 0 Å². The minimum atomic E-state index is -1.03. The Labute approximate surface area is 214 Å². The molecule has 36 heavy (non-hydrogen) atoms. The van der Waals surface area contributed by atoms with Gasteiger partial charge in [-0.1, -0.05) is 72.4 Å². The number of aliphatic imine (C=N–C) groups is 1. The Balaban J connectivity index is 1.46. The molecule has 0 aliphatic carbocycles. The minimum Gasteiger partial charge on any atom is -0.478 e. The highest BCUT2D eigenvalue weighted by atomic mass is 32.2. The Morgan fingerprint density at radius 2 is 1.53 bits per heavy atom. The zero-order valence-electron chi connectivity index (χ0n) is 19.7. The van der Waals surface area contributed by atoms with Gasteiger partial charge >= 0.3 is 5.97 Å². The number of hydrogen-bond donors (Lipinski definition) is 2. The fourth-order valence-corrected chi connectivity index (χ4v) is 4.96. The first kappa shape index (κ1) is 25.2. The molecule has 1 aliphatic rings. The summed E-state index contributed by atoms with van der Waals surface area (Å²) in [6, 6.07) is 25.9. The number of aromatic carboxylic acids is 1. The van der Waals surface area contributed by atoms with E-state index in [0.717, 1.165) is 17.5 Å². The van der Waals surface area contributed by atoms with Gasteiger partial charge in [-0.3, -0.25) is 19.5 Å². The number of carbonyl (C=O) groups is 3. The van der Waals surface area contributed by atoms with Crippen LogP contribution in [0.2, 0.25) is 0 Å². The Hall–Kier alpha value is -3.91. The van der Waals surface area contributed by atoms with Gasteiger partial charge in [0, 0.05) is 25.2 Å². The zero-order valence-corrected chi connectivity index (χ0v) is 20.5. The van der Waals surface area contributed by atoms with Crippen LogP contribution in [0.25, 0.3) is 0 Å². The van der Waals surface area contributed by atoms with Crippen molar-refractivity contribution in [2.75, 3.05) is 18.4 Å². The SMILES string of the molecule is O=C(O)c1ccc(NC(=O)[C@H]2CC(=O)N(CCc3ccccc3)C(=NCCc3ccccc3)S2)cc1. The lowest BCUT2D eigenvalue weighted by Crippen LogP contribution is -2.46. The number of amides is 2. The van der Waals surface area contributed by atoms with Crippen molar-refractivity contribution in [3.63, 3.8) is 0 Å². The number of benzene rings is 3. The summed E-state index contributed by atoms with van der Waals surface area (Å²) < 4.78 is 0. The molecule has 0 bridgehead atoms. The molecule has 1 aliphatic heterocycles. The highest BCUT2D eigenvalue weighted by Crippen LogP contribution is 2.28. The van der Waals surface area contributed by atoms with Crippen LogP contribution in [0.3, 0.4) is 0 Å². The quantitative estimate of drug-likeness (QED) is 0.450. The third-order valence-electron chi connectivity index (χ3n) is 5.79. The summed E-state index contributed by atoms with van der Waals surface area (Å²) in [6.07, 6.45) is 1.49. The fraction of sp³-hybridized carbons (Fsp3) is 0.214. The smallest absolute Gasteiger partial charge is 0.335 e. The third-order valence-corrected chi connectivity index (χ3v) is 7.01. The minimum absolute atomic E-state index is 0.0657. The summed E-state index contributed by atoms with van der Waals surface area (Å²) in [5.41, 5.74) is 2.90. The number of rotatable bonds is 9. The van der Waals surface area contributed by atoms with Crippen molar-refractivity contribution in [1.29, 1.82) is 0 Å². The van der Waals surface area contributed by atoms with Crippen molar-refractivity contribution in [2.45, 2.75) is 24.5 Å². The highest BCUT2D eigenvalue weighted by molar-refractivity contribution is 8.15. The van der Waals surface area contributed by atoms with Gasteiger partial charge in [0.05, 0.1) is 5.56 Å². The van der Waals surface area contributed by atoms with E-state index in [1.807, 2.05) is 60.7 Å². The number of thioether (sulfide) groups is 1. The number of carboxylic acids is 1. The molecule has 4 rings (SSSR count). The first-order chi connectivity index (χ1) is 17.5. The zero-order chi connectivity index (χ0) is 25.3. The number of carboxylic acid groups (broad SMARTS) is 1. The summed E-state index contributed by atoms with van der Waals surface area (Å²) >= 11 is 1.30. The highest BCUT2D eigenvalue weighted by Gasteiger charge is 2.35. The number of amidine groups is 1. The number of carbonyl (C=O) groups excluding carboxylic acids is 2. The Morgan fingerprint density at radius 3 is 2.14 bits per heavy atom. The second-order valence-corrected chi connectivity index (χ2v) is 9.53. The lowest BCUT2D eigenvalue weighted by Gasteiger charge is -2.32. The van der Waals surface area contributed by atoms with Gasteiger partial charge in [-0.05, 0) is 48.2 Å². The molecule has 0 saturated carbocycles. The Bertz CT molecular complexity index is 1230. The van der Waals surface area contributed by atoms with Crippen molar-refractivity contribution < 1.29 is 19.5 Å². The van der Waals surface area contributed by atoms with Crippen LogP contribution in [0.4, 0.5) is 5.69 Å². The van der Waals surface area contributed by atoms with Gasteiger partial charge in [-0.25, -0.2) is 4.79 Å². The van der Waals surface area contributed by atoms with Crippen LogP contribution >= 0.6 is 11.8 Å². The topological polar surface area (TPSA) is 99.1 Å². The summed E-state index contributed by atoms with van der Waals surface area (Å²) in [7, 11) is 0. The van der Waals surface area contributed by atoms with Crippen LogP contribution in [-0.2, 0) is 22.4 Å². The maximum Gasteiger partial charge on any atom is 0.335 e. The molecule has 2 N–H and O–H groups in total. The van der Waals surface area contributed by atoms with E-state index in [1.165, 1.54) is 36.0 Å². The molecule has 1 saturated heterocycles. The largest absolute Gasteiger partial charge is 0.478 e. The summed E-state index contributed by atoms with van der Waals surface area (Å²) in [4.78, 5) is 43.6. The molecular weight excluding hydrogens is 474 g/mol. The van der Waals surface area contributed by atoms with Gasteiger partial charge < -0.3 is 10.4 Å². The lowest BCUT2D eigenvalue weighted by molar-refractivity contribution is -0.129. The van der Waals surface area contributed by atoms with Gasteiger partial charge in [0.1, 0.15) is 5.25 Å². The standard InChI is InChI=1S/C28H27N3O4S/c32-25-19-24(26(33)30-23-13-11-22(12-14-23)27(34)35)36-28(29-17-15-20-7-3-1-4-8-20)31(25)18-16-21-9-5-2-6-10-21/h1-14,24H,15-19H2,(H,30,33)(H,34,35)/t24-/m1/s1. The van der Waals surface area contributed by atoms with E-state index in [-0.39, 0.29) is 23.8 Å². The van der Waals surface area contributed by atoms with Gasteiger partial charge in [0.15, 0.2) is 5.17 Å². The predicted octanol–water partition coefficient (Wildman–Crippen LogP) is 4.50.